The zero-order valence-electron chi connectivity index (χ0n) is 20.2. The Kier molecular flexibility index (Phi) is 6.51. The summed E-state index contributed by atoms with van der Waals surface area (Å²) in [5.41, 5.74) is 0.523. The van der Waals surface area contributed by atoms with E-state index in [1.54, 1.807) is 36.4 Å². The first-order valence-electron chi connectivity index (χ1n) is 11.7. The normalized spacial score (nSPS) is 23.1. The fourth-order valence-corrected chi connectivity index (χ4v) is 5.48. The first-order chi connectivity index (χ1) is 16.6. The molecule has 6 amide bonds. The van der Waals surface area contributed by atoms with Gasteiger partial charge in [-0.1, -0.05) is 45.0 Å². The Balaban J connectivity index is 1.37. The molecule has 1 saturated carbocycles. The summed E-state index contributed by atoms with van der Waals surface area (Å²) in [7, 11) is 0. The van der Waals surface area contributed by atoms with Crippen LogP contribution in [0.1, 0.15) is 40.0 Å². The average molecular weight is 478 g/mol. The van der Waals surface area contributed by atoms with Gasteiger partial charge in [-0.3, -0.25) is 14.5 Å². The Morgan fingerprint density at radius 3 is 2.26 bits per heavy atom. The van der Waals surface area contributed by atoms with Crippen LogP contribution in [0.5, 0.6) is 0 Å². The quantitative estimate of drug-likeness (QED) is 0.477. The van der Waals surface area contributed by atoms with Crippen LogP contribution in [0, 0.1) is 11.3 Å². The number of nitrogens with one attached hydrogen (secondary N) is 4. The van der Waals surface area contributed by atoms with Gasteiger partial charge in [-0.2, -0.15) is 0 Å². The lowest BCUT2D eigenvalue weighted by Gasteiger charge is -2.43. The number of rotatable bonds is 5. The lowest BCUT2D eigenvalue weighted by Crippen LogP contribution is -2.54. The van der Waals surface area contributed by atoms with Gasteiger partial charge in [0.05, 0.1) is 0 Å². The highest BCUT2D eigenvalue weighted by atomic mass is 16.2. The number of para-hydroxylation sites is 1. The van der Waals surface area contributed by atoms with Crippen molar-refractivity contribution >= 4 is 40.9 Å². The summed E-state index contributed by atoms with van der Waals surface area (Å²) in [6.07, 6.45) is 2.09. The minimum Gasteiger partial charge on any atom is -0.324 e. The Bertz CT molecular complexity index is 1150. The predicted octanol–water partition coefficient (Wildman–Crippen LogP) is 4.41. The monoisotopic (exact) mass is 477 g/mol. The number of carbonyl (C=O) groups excluding carboxylic acids is 4. The number of hydrogen-bond donors (Lipinski definition) is 4. The van der Waals surface area contributed by atoms with Crippen molar-refractivity contribution in [2.75, 3.05) is 22.5 Å². The SMILES string of the molecule is CC1CC(C)(C)CC2(C1)NC(=O)N(CC(=O)Nc1cccc(NC(=O)Nc3ccccc3)c1)C2=O. The van der Waals surface area contributed by atoms with E-state index >= 15 is 0 Å². The predicted molar refractivity (Wildman–Crippen MR) is 134 cm³/mol. The number of carbonyl (C=O) groups is 4. The van der Waals surface area contributed by atoms with Gasteiger partial charge in [0.25, 0.3) is 5.91 Å². The van der Waals surface area contributed by atoms with E-state index < -0.39 is 23.5 Å². The van der Waals surface area contributed by atoms with Gasteiger partial charge in [0.1, 0.15) is 12.1 Å². The second-order valence-corrected chi connectivity index (χ2v) is 10.3. The van der Waals surface area contributed by atoms with Gasteiger partial charge >= 0.3 is 12.1 Å². The molecule has 2 atom stereocenters. The first kappa shape index (κ1) is 24.3. The summed E-state index contributed by atoms with van der Waals surface area (Å²) in [5.74, 6) is -0.559. The lowest BCUT2D eigenvalue weighted by molar-refractivity contribution is -0.136. The molecule has 2 fully saturated rings. The van der Waals surface area contributed by atoms with Crippen molar-refractivity contribution in [3.63, 3.8) is 0 Å². The molecule has 0 aromatic heterocycles. The fraction of sp³-hybridized carbons (Fsp3) is 0.385. The molecule has 1 heterocycles. The highest BCUT2D eigenvalue weighted by Gasteiger charge is 2.56. The minimum absolute atomic E-state index is 0.0842. The summed E-state index contributed by atoms with van der Waals surface area (Å²) in [6, 6.07) is 14.7. The highest BCUT2D eigenvalue weighted by molar-refractivity contribution is 6.10. The van der Waals surface area contributed by atoms with Crippen LogP contribution in [0.25, 0.3) is 0 Å². The summed E-state index contributed by atoms with van der Waals surface area (Å²) < 4.78 is 0. The van der Waals surface area contributed by atoms with Crippen molar-refractivity contribution in [3.05, 3.63) is 54.6 Å². The molecule has 1 aliphatic heterocycles. The molecule has 1 aliphatic carbocycles. The van der Waals surface area contributed by atoms with Gasteiger partial charge in [-0.05, 0) is 60.9 Å². The van der Waals surface area contributed by atoms with Crippen molar-refractivity contribution in [3.8, 4) is 0 Å². The number of amides is 6. The van der Waals surface area contributed by atoms with Crippen molar-refractivity contribution in [2.24, 2.45) is 11.3 Å². The molecule has 184 valence electrons. The third-order valence-electron chi connectivity index (χ3n) is 6.36. The lowest BCUT2D eigenvalue weighted by atomic mass is 9.64. The van der Waals surface area contributed by atoms with E-state index in [1.165, 1.54) is 0 Å². The van der Waals surface area contributed by atoms with Crippen molar-refractivity contribution in [2.45, 2.75) is 45.6 Å². The molecule has 35 heavy (non-hydrogen) atoms. The Hall–Kier alpha value is -3.88. The summed E-state index contributed by atoms with van der Waals surface area (Å²) >= 11 is 0. The standard InChI is InChI=1S/C26H31N5O4/c1-17-13-25(2,3)16-26(14-17)22(33)31(24(35)30-26)15-21(32)27-19-10-7-11-20(12-19)29-23(34)28-18-8-5-4-6-9-18/h4-12,17H,13-16H2,1-3H3,(H,27,32)(H,30,35)(H2,28,29,34). The molecule has 9 heteroatoms. The van der Waals surface area contributed by atoms with E-state index in [2.05, 4.69) is 42.0 Å². The molecule has 9 nitrogen and oxygen atoms in total. The molecule has 2 aromatic rings. The van der Waals surface area contributed by atoms with Gasteiger partial charge in [-0.25, -0.2) is 9.59 Å². The van der Waals surface area contributed by atoms with E-state index in [0.29, 0.717) is 29.9 Å². The smallest absolute Gasteiger partial charge is 0.324 e. The van der Waals surface area contributed by atoms with Crippen molar-refractivity contribution in [1.29, 1.82) is 0 Å². The van der Waals surface area contributed by atoms with E-state index in [-0.39, 0.29) is 23.8 Å². The number of anilines is 3. The summed E-state index contributed by atoms with van der Waals surface area (Å²) in [6.45, 7) is 5.90. The molecular formula is C26H31N5O4. The molecule has 0 radical (unpaired) electrons. The zero-order valence-corrected chi connectivity index (χ0v) is 20.2. The van der Waals surface area contributed by atoms with Crippen LogP contribution in [0.2, 0.25) is 0 Å². The van der Waals surface area contributed by atoms with Gasteiger partial charge in [0.15, 0.2) is 0 Å². The second kappa shape index (κ2) is 9.40. The average Bonchev–Trinajstić information content (AvgIpc) is 2.96. The van der Waals surface area contributed by atoms with Crippen LogP contribution in [0.15, 0.2) is 54.6 Å². The molecule has 2 aromatic carbocycles. The third-order valence-corrected chi connectivity index (χ3v) is 6.36. The van der Waals surface area contributed by atoms with E-state index in [1.807, 2.05) is 18.2 Å². The maximum atomic E-state index is 13.2. The number of urea groups is 2. The van der Waals surface area contributed by atoms with Crippen LogP contribution in [-0.2, 0) is 9.59 Å². The molecule has 1 saturated heterocycles. The van der Waals surface area contributed by atoms with Crippen LogP contribution in [-0.4, -0.2) is 40.9 Å². The molecule has 2 unspecified atom stereocenters. The van der Waals surface area contributed by atoms with Gasteiger partial charge < -0.3 is 21.3 Å². The number of hydrogen-bond acceptors (Lipinski definition) is 4. The summed E-state index contributed by atoms with van der Waals surface area (Å²) in [4.78, 5) is 51.8. The maximum absolute atomic E-state index is 13.2. The van der Waals surface area contributed by atoms with Crippen LogP contribution >= 0.6 is 0 Å². The van der Waals surface area contributed by atoms with Crippen molar-refractivity contribution in [1.82, 2.24) is 10.2 Å². The maximum Gasteiger partial charge on any atom is 0.325 e. The van der Waals surface area contributed by atoms with Crippen LogP contribution in [0.3, 0.4) is 0 Å². The molecule has 1 spiro atoms. The Morgan fingerprint density at radius 2 is 1.57 bits per heavy atom. The van der Waals surface area contributed by atoms with E-state index in [4.69, 9.17) is 0 Å². The zero-order chi connectivity index (χ0) is 25.2. The Labute approximate surface area is 204 Å². The molecule has 2 aliphatic rings. The van der Waals surface area contributed by atoms with E-state index in [9.17, 15) is 19.2 Å². The van der Waals surface area contributed by atoms with Gasteiger partial charge in [-0.15, -0.1) is 0 Å². The molecular weight excluding hydrogens is 446 g/mol. The van der Waals surface area contributed by atoms with Gasteiger partial charge in [0.2, 0.25) is 5.91 Å². The third kappa shape index (κ3) is 5.62. The minimum atomic E-state index is -0.950. The van der Waals surface area contributed by atoms with Crippen molar-refractivity contribution < 1.29 is 19.2 Å². The Morgan fingerprint density at radius 1 is 0.943 bits per heavy atom. The molecule has 0 bridgehead atoms. The van der Waals surface area contributed by atoms with Crippen LogP contribution in [0.4, 0.5) is 26.7 Å². The largest absolute Gasteiger partial charge is 0.325 e. The van der Waals surface area contributed by atoms with E-state index in [0.717, 1.165) is 11.3 Å². The summed E-state index contributed by atoms with van der Waals surface area (Å²) in [5, 5.41) is 11.0. The number of nitrogens with zero attached hydrogens (tertiary/aromatic N) is 1. The second-order valence-electron chi connectivity index (χ2n) is 10.3. The first-order valence-corrected chi connectivity index (χ1v) is 11.7. The molecule has 4 rings (SSSR count). The fourth-order valence-electron chi connectivity index (χ4n) is 5.48. The number of benzene rings is 2. The number of imide groups is 1. The van der Waals surface area contributed by atoms with Crippen LogP contribution < -0.4 is 21.3 Å². The molecule has 4 N–H and O–H groups in total. The topological polar surface area (TPSA) is 120 Å². The highest BCUT2D eigenvalue weighted by Crippen LogP contribution is 2.46. The van der Waals surface area contributed by atoms with Gasteiger partial charge in [0, 0.05) is 17.1 Å².